The summed E-state index contributed by atoms with van der Waals surface area (Å²) in [7, 11) is 1.59. The Hall–Kier alpha value is -3.19. The van der Waals surface area contributed by atoms with Crippen LogP contribution in [-0.4, -0.2) is 35.8 Å². The van der Waals surface area contributed by atoms with Gasteiger partial charge in [0.2, 0.25) is 17.7 Å². The summed E-state index contributed by atoms with van der Waals surface area (Å²) in [6.07, 6.45) is 0. The quantitative estimate of drug-likeness (QED) is 0.743. The largest absolute Gasteiger partial charge is 0.497 e. The molecule has 2 saturated heterocycles. The Kier molecular flexibility index (Phi) is 4.41. The molecule has 2 fully saturated rings. The lowest BCUT2D eigenvalue weighted by atomic mass is 9.76. The van der Waals surface area contributed by atoms with Crippen LogP contribution in [0.5, 0.6) is 5.75 Å². The number of nitrogens with one attached hydrogen (secondary N) is 2. The van der Waals surface area contributed by atoms with E-state index < -0.39 is 17.4 Å². The number of benzene rings is 2. The number of amides is 3. The van der Waals surface area contributed by atoms with E-state index in [1.54, 1.807) is 7.11 Å². The number of rotatable bonds is 4. The second-order valence-corrected chi connectivity index (χ2v) is 8.84. The highest BCUT2D eigenvalue weighted by Gasteiger charge is 2.70. The van der Waals surface area contributed by atoms with Gasteiger partial charge in [-0.15, -0.1) is 0 Å². The smallest absolute Gasteiger partial charge is 0.250 e. The Labute approximate surface area is 180 Å². The second-order valence-electron chi connectivity index (χ2n) is 8.84. The fourth-order valence-electron chi connectivity index (χ4n) is 5.39. The lowest BCUT2D eigenvalue weighted by Crippen LogP contribution is -2.53. The van der Waals surface area contributed by atoms with Gasteiger partial charge in [-0.2, -0.15) is 0 Å². The molecule has 1 spiro atoms. The van der Waals surface area contributed by atoms with E-state index in [1.807, 2.05) is 62.4 Å². The molecule has 0 aromatic heterocycles. The lowest BCUT2D eigenvalue weighted by molar-refractivity contribution is -0.143. The number of nitrogens with zero attached hydrogens (tertiary/aromatic N) is 1. The number of likely N-dealkylation sites (tertiary alicyclic amines) is 1. The number of imide groups is 1. The molecule has 2 aromatic carbocycles. The maximum absolute atomic E-state index is 13.7. The molecule has 0 bridgehead atoms. The van der Waals surface area contributed by atoms with Crippen LogP contribution >= 0.6 is 0 Å². The van der Waals surface area contributed by atoms with Gasteiger partial charge < -0.3 is 10.1 Å². The van der Waals surface area contributed by atoms with Crippen molar-refractivity contribution in [2.24, 2.45) is 17.8 Å². The van der Waals surface area contributed by atoms with Crippen molar-refractivity contribution in [3.05, 3.63) is 59.7 Å². The molecule has 3 aliphatic rings. The molecule has 0 saturated carbocycles. The molecule has 3 heterocycles. The van der Waals surface area contributed by atoms with Crippen molar-refractivity contribution in [2.45, 2.75) is 32.0 Å². The van der Waals surface area contributed by atoms with Gasteiger partial charge in [0.15, 0.2) is 0 Å². The highest BCUT2D eigenvalue weighted by atomic mass is 16.5. The van der Waals surface area contributed by atoms with E-state index >= 15 is 0 Å². The van der Waals surface area contributed by atoms with Crippen molar-refractivity contribution >= 4 is 23.4 Å². The first-order chi connectivity index (χ1) is 14.9. The van der Waals surface area contributed by atoms with Crippen LogP contribution in [0.15, 0.2) is 48.5 Å². The Bertz CT molecular complexity index is 1080. The van der Waals surface area contributed by atoms with Crippen LogP contribution in [-0.2, 0) is 26.5 Å². The van der Waals surface area contributed by atoms with Crippen LogP contribution in [0.25, 0.3) is 0 Å². The number of anilines is 1. The third-order valence-corrected chi connectivity index (χ3v) is 6.87. The Morgan fingerprint density at radius 2 is 1.74 bits per heavy atom. The Morgan fingerprint density at radius 3 is 2.42 bits per heavy atom. The van der Waals surface area contributed by atoms with E-state index in [-0.39, 0.29) is 36.2 Å². The highest BCUT2D eigenvalue weighted by Crippen LogP contribution is 2.54. The van der Waals surface area contributed by atoms with Gasteiger partial charge in [-0.3, -0.25) is 24.6 Å². The van der Waals surface area contributed by atoms with Gasteiger partial charge in [-0.05, 0) is 29.7 Å². The number of carbonyl (C=O) groups excluding carboxylic acids is 3. The Morgan fingerprint density at radius 1 is 1.03 bits per heavy atom. The fourth-order valence-corrected chi connectivity index (χ4v) is 5.39. The van der Waals surface area contributed by atoms with Crippen molar-refractivity contribution in [1.82, 2.24) is 10.2 Å². The molecule has 7 nitrogen and oxygen atoms in total. The van der Waals surface area contributed by atoms with Gasteiger partial charge in [0, 0.05) is 17.3 Å². The number of fused-ring (bicyclic) bond motifs is 4. The Balaban J connectivity index is 1.56. The van der Waals surface area contributed by atoms with E-state index in [4.69, 9.17) is 4.74 Å². The van der Waals surface area contributed by atoms with Gasteiger partial charge >= 0.3 is 0 Å². The zero-order valence-electron chi connectivity index (χ0n) is 17.7. The van der Waals surface area contributed by atoms with Crippen LogP contribution in [0, 0.1) is 17.8 Å². The third kappa shape index (κ3) is 2.66. The first-order valence-electron chi connectivity index (χ1n) is 10.5. The third-order valence-electron chi connectivity index (χ3n) is 6.87. The van der Waals surface area contributed by atoms with Crippen LogP contribution < -0.4 is 15.4 Å². The molecule has 160 valence electrons. The monoisotopic (exact) mass is 419 g/mol. The maximum Gasteiger partial charge on any atom is 0.250 e. The molecule has 4 atom stereocenters. The summed E-state index contributed by atoms with van der Waals surface area (Å²) in [6.45, 7) is 4.20. The molecule has 0 aliphatic carbocycles. The number of carbonyl (C=O) groups is 3. The molecule has 31 heavy (non-hydrogen) atoms. The average Bonchev–Trinajstić information content (AvgIpc) is 3.35. The molecule has 3 amide bonds. The molecule has 2 N–H and O–H groups in total. The minimum Gasteiger partial charge on any atom is -0.497 e. The standard InChI is InChI=1S/C24H25N3O4/c1-13(2)20-18-19(24(26-20)16-6-4-5-7-17(16)25-23(24)30)22(29)27(21(18)28)12-14-8-10-15(31-3)11-9-14/h4-11,13,18-20,26H,12H2,1-3H3,(H,25,30)/t18-,19+,20-,24+/m1/s1. The molecular formula is C24H25N3O4. The fraction of sp³-hybridized carbons (Fsp3) is 0.375. The summed E-state index contributed by atoms with van der Waals surface area (Å²) in [5, 5.41) is 6.35. The van der Waals surface area contributed by atoms with Gasteiger partial charge in [0.1, 0.15) is 11.3 Å². The molecule has 3 aliphatic heterocycles. The number of hydrogen-bond acceptors (Lipinski definition) is 5. The van der Waals surface area contributed by atoms with Crippen molar-refractivity contribution in [1.29, 1.82) is 0 Å². The van der Waals surface area contributed by atoms with Crippen molar-refractivity contribution in [3.63, 3.8) is 0 Å². The minimum atomic E-state index is -1.22. The zero-order valence-corrected chi connectivity index (χ0v) is 17.7. The molecule has 0 radical (unpaired) electrons. The van der Waals surface area contributed by atoms with Gasteiger partial charge in [0.25, 0.3) is 0 Å². The van der Waals surface area contributed by atoms with Crippen LogP contribution in [0.2, 0.25) is 0 Å². The zero-order chi connectivity index (χ0) is 21.9. The van der Waals surface area contributed by atoms with Crippen LogP contribution in [0.4, 0.5) is 5.69 Å². The molecule has 2 aromatic rings. The predicted molar refractivity (Wildman–Crippen MR) is 114 cm³/mol. The summed E-state index contributed by atoms with van der Waals surface area (Å²) >= 11 is 0. The number of hydrogen-bond donors (Lipinski definition) is 2. The number of methoxy groups -OCH3 is 1. The lowest BCUT2D eigenvalue weighted by Gasteiger charge is -2.30. The van der Waals surface area contributed by atoms with E-state index in [0.29, 0.717) is 11.4 Å². The van der Waals surface area contributed by atoms with Crippen molar-refractivity contribution in [2.75, 3.05) is 12.4 Å². The second kappa shape index (κ2) is 6.92. The first-order valence-corrected chi connectivity index (χ1v) is 10.5. The van der Waals surface area contributed by atoms with Crippen LogP contribution in [0.1, 0.15) is 25.0 Å². The summed E-state index contributed by atoms with van der Waals surface area (Å²) < 4.78 is 5.19. The first kappa shape index (κ1) is 19.8. The van der Waals surface area contributed by atoms with E-state index in [9.17, 15) is 14.4 Å². The molecule has 7 heteroatoms. The summed E-state index contributed by atoms with van der Waals surface area (Å²) in [6, 6.07) is 14.4. The predicted octanol–water partition coefficient (Wildman–Crippen LogP) is 2.27. The summed E-state index contributed by atoms with van der Waals surface area (Å²) in [5.41, 5.74) is 1.04. The van der Waals surface area contributed by atoms with E-state index in [0.717, 1.165) is 11.1 Å². The van der Waals surface area contributed by atoms with E-state index in [2.05, 4.69) is 10.6 Å². The van der Waals surface area contributed by atoms with Gasteiger partial charge in [-0.1, -0.05) is 44.2 Å². The summed E-state index contributed by atoms with van der Waals surface area (Å²) in [4.78, 5) is 41.8. The number of para-hydroxylation sites is 1. The van der Waals surface area contributed by atoms with Crippen molar-refractivity contribution < 1.29 is 19.1 Å². The average molecular weight is 419 g/mol. The van der Waals surface area contributed by atoms with Gasteiger partial charge in [-0.25, -0.2) is 0 Å². The highest BCUT2D eigenvalue weighted by molar-refractivity contribution is 6.15. The van der Waals surface area contributed by atoms with Gasteiger partial charge in [0.05, 0.1) is 25.5 Å². The topological polar surface area (TPSA) is 87.7 Å². The van der Waals surface area contributed by atoms with E-state index in [1.165, 1.54) is 4.90 Å². The maximum atomic E-state index is 13.7. The molecular weight excluding hydrogens is 394 g/mol. The minimum absolute atomic E-state index is 0.0742. The molecule has 5 rings (SSSR count). The summed E-state index contributed by atoms with van der Waals surface area (Å²) in [5.74, 6) is -1.34. The van der Waals surface area contributed by atoms with Crippen LogP contribution in [0.3, 0.4) is 0 Å². The molecule has 0 unspecified atom stereocenters. The SMILES string of the molecule is COc1ccc(CN2C(=O)[C@H]3[C@@H](C(C)C)N[C@]4(C(=O)Nc5ccccc54)[C@@H]3C2=O)cc1. The number of ether oxygens (including phenoxy) is 1. The van der Waals surface area contributed by atoms with Crippen molar-refractivity contribution in [3.8, 4) is 5.75 Å². The normalized spacial score (nSPS) is 29.0.